The van der Waals surface area contributed by atoms with Crippen LogP contribution in [0.15, 0.2) is 52.4 Å². The summed E-state index contributed by atoms with van der Waals surface area (Å²) in [6, 6.07) is 12.6. The van der Waals surface area contributed by atoms with Crippen LogP contribution in [-0.2, 0) is 6.54 Å². The van der Waals surface area contributed by atoms with Gasteiger partial charge >= 0.3 is 0 Å². The summed E-state index contributed by atoms with van der Waals surface area (Å²) in [7, 11) is 3.95. The first-order valence-electron chi connectivity index (χ1n) is 9.12. The molecule has 0 aliphatic heterocycles. The van der Waals surface area contributed by atoms with Crippen LogP contribution in [0.2, 0.25) is 0 Å². The maximum absolute atomic E-state index is 12.9. The van der Waals surface area contributed by atoms with E-state index in [4.69, 9.17) is 0 Å². The van der Waals surface area contributed by atoms with Crippen LogP contribution in [0.1, 0.15) is 19.0 Å². The number of guanidine groups is 1. The molecular formula is C20H29FIN5S. The predicted molar refractivity (Wildman–Crippen MR) is 129 cm³/mol. The Morgan fingerprint density at radius 1 is 1.14 bits per heavy atom. The zero-order valence-electron chi connectivity index (χ0n) is 16.6. The van der Waals surface area contributed by atoms with E-state index >= 15 is 0 Å². The molecule has 0 amide bonds. The summed E-state index contributed by atoms with van der Waals surface area (Å²) in [6.45, 7) is 4.21. The number of nitrogens with one attached hydrogen (secondary N) is 2. The molecule has 0 radical (unpaired) electrons. The summed E-state index contributed by atoms with van der Waals surface area (Å²) >= 11 is 1.73. The molecule has 1 heterocycles. The molecule has 28 heavy (non-hydrogen) atoms. The van der Waals surface area contributed by atoms with Crippen LogP contribution >= 0.6 is 35.7 Å². The molecule has 0 saturated carbocycles. The van der Waals surface area contributed by atoms with Gasteiger partial charge in [-0.3, -0.25) is 0 Å². The maximum Gasteiger partial charge on any atom is 0.191 e. The summed E-state index contributed by atoms with van der Waals surface area (Å²) in [5.74, 6) is 2.49. The van der Waals surface area contributed by atoms with Gasteiger partial charge in [-0.2, -0.15) is 0 Å². The van der Waals surface area contributed by atoms with Crippen LogP contribution in [0.4, 0.5) is 10.2 Å². The average Bonchev–Trinajstić information content (AvgIpc) is 2.67. The van der Waals surface area contributed by atoms with Crippen molar-refractivity contribution in [3.8, 4) is 0 Å². The van der Waals surface area contributed by atoms with E-state index in [0.29, 0.717) is 6.54 Å². The summed E-state index contributed by atoms with van der Waals surface area (Å²) in [5.41, 5.74) is 0.935. The van der Waals surface area contributed by atoms with Crippen molar-refractivity contribution in [1.82, 2.24) is 15.6 Å². The van der Waals surface area contributed by atoms with Gasteiger partial charge < -0.3 is 15.5 Å². The Morgan fingerprint density at radius 3 is 2.57 bits per heavy atom. The number of pyridine rings is 1. The van der Waals surface area contributed by atoms with Crippen molar-refractivity contribution >= 4 is 47.5 Å². The molecule has 8 heteroatoms. The number of hydrogen-bond donors (Lipinski definition) is 2. The van der Waals surface area contributed by atoms with Crippen molar-refractivity contribution in [3.63, 3.8) is 0 Å². The maximum atomic E-state index is 12.9. The molecule has 2 N–H and O–H groups in total. The first kappa shape index (κ1) is 24.5. The predicted octanol–water partition coefficient (Wildman–Crippen LogP) is 4.14. The van der Waals surface area contributed by atoms with Gasteiger partial charge in [0.05, 0.1) is 12.2 Å². The van der Waals surface area contributed by atoms with Gasteiger partial charge in [0, 0.05) is 32.1 Å². The van der Waals surface area contributed by atoms with Crippen LogP contribution in [0.25, 0.3) is 0 Å². The Labute approximate surface area is 188 Å². The van der Waals surface area contributed by atoms with Crippen LogP contribution in [0, 0.1) is 5.82 Å². The van der Waals surface area contributed by atoms with Crippen molar-refractivity contribution in [3.05, 3.63) is 54.0 Å². The topological polar surface area (TPSA) is 52.6 Å². The van der Waals surface area contributed by atoms with Gasteiger partial charge in [0.15, 0.2) is 5.96 Å². The highest BCUT2D eigenvalue weighted by molar-refractivity contribution is 14.0. The third-order valence-electron chi connectivity index (χ3n) is 3.69. The standard InChI is InChI=1S/C20H28FN5S.HI/c1-4-22-20(24-15-17-7-5-8-19(25-17)26(2)3)23-13-6-14-27-18-11-9-16(21)10-12-18;/h5,7-12H,4,6,13-15H2,1-3H3,(H2,22,23,24);1H. The molecule has 0 fully saturated rings. The van der Waals surface area contributed by atoms with E-state index in [1.54, 1.807) is 11.8 Å². The van der Waals surface area contributed by atoms with Crippen molar-refractivity contribution in [1.29, 1.82) is 0 Å². The first-order valence-corrected chi connectivity index (χ1v) is 10.1. The zero-order valence-corrected chi connectivity index (χ0v) is 19.8. The van der Waals surface area contributed by atoms with E-state index in [0.717, 1.165) is 47.6 Å². The quantitative estimate of drug-likeness (QED) is 0.172. The Morgan fingerprint density at radius 2 is 1.89 bits per heavy atom. The molecule has 0 aliphatic carbocycles. The SMILES string of the molecule is CCNC(=NCc1cccc(N(C)C)n1)NCCCSc1ccc(F)cc1.I. The number of benzene rings is 1. The molecule has 1 aromatic heterocycles. The van der Waals surface area contributed by atoms with Crippen molar-refractivity contribution in [2.75, 3.05) is 37.8 Å². The summed E-state index contributed by atoms with van der Waals surface area (Å²) in [5, 5.41) is 6.61. The minimum Gasteiger partial charge on any atom is -0.363 e. The number of anilines is 1. The Kier molecular flexibility index (Phi) is 11.9. The molecule has 2 rings (SSSR count). The number of aliphatic imine (C=N–C) groups is 1. The van der Waals surface area contributed by atoms with Gasteiger partial charge in [0.2, 0.25) is 0 Å². The van der Waals surface area contributed by atoms with E-state index in [1.165, 1.54) is 12.1 Å². The molecule has 0 saturated heterocycles. The van der Waals surface area contributed by atoms with Crippen molar-refractivity contribution < 1.29 is 4.39 Å². The number of hydrogen-bond acceptors (Lipinski definition) is 4. The highest BCUT2D eigenvalue weighted by Crippen LogP contribution is 2.18. The molecule has 0 atom stereocenters. The van der Waals surface area contributed by atoms with Gasteiger partial charge in [-0.1, -0.05) is 6.07 Å². The molecule has 5 nitrogen and oxygen atoms in total. The fraction of sp³-hybridized carbons (Fsp3) is 0.400. The summed E-state index contributed by atoms with van der Waals surface area (Å²) in [4.78, 5) is 12.3. The van der Waals surface area contributed by atoms with Crippen LogP contribution in [0.5, 0.6) is 0 Å². The molecule has 0 aliphatic rings. The van der Waals surface area contributed by atoms with E-state index in [-0.39, 0.29) is 29.8 Å². The molecule has 0 bridgehead atoms. The minimum absolute atomic E-state index is 0. The zero-order chi connectivity index (χ0) is 19.5. The van der Waals surface area contributed by atoms with Crippen LogP contribution in [-0.4, -0.2) is 43.9 Å². The van der Waals surface area contributed by atoms with Gasteiger partial charge in [0.25, 0.3) is 0 Å². The smallest absolute Gasteiger partial charge is 0.191 e. The van der Waals surface area contributed by atoms with E-state index in [2.05, 4.69) is 20.6 Å². The van der Waals surface area contributed by atoms with E-state index < -0.39 is 0 Å². The lowest BCUT2D eigenvalue weighted by molar-refractivity contribution is 0.626. The molecule has 1 aromatic carbocycles. The first-order chi connectivity index (χ1) is 13.1. The van der Waals surface area contributed by atoms with Gasteiger partial charge in [0.1, 0.15) is 11.6 Å². The molecular weight excluding hydrogens is 488 g/mol. The number of rotatable bonds is 9. The van der Waals surface area contributed by atoms with E-state index in [1.807, 2.05) is 56.3 Å². The second kappa shape index (κ2) is 13.6. The van der Waals surface area contributed by atoms with Gasteiger partial charge in [-0.25, -0.2) is 14.4 Å². The Balaban J connectivity index is 0.00000392. The lowest BCUT2D eigenvalue weighted by atomic mass is 10.3. The summed E-state index contributed by atoms with van der Waals surface area (Å²) in [6.07, 6.45) is 0.987. The third-order valence-corrected chi connectivity index (χ3v) is 4.79. The molecule has 0 spiro atoms. The molecule has 154 valence electrons. The fourth-order valence-electron chi connectivity index (χ4n) is 2.31. The monoisotopic (exact) mass is 517 g/mol. The fourth-order valence-corrected chi connectivity index (χ4v) is 3.16. The highest BCUT2D eigenvalue weighted by atomic mass is 127. The lowest BCUT2D eigenvalue weighted by Crippen LogP contribution is -2.37. The third kappa shape index (κ3) is 9.09. The van der Waals surface area contributed by atoms with Crippen LogP contribution in [0.3, 0.4) is 0 Å². The van der Waals surface area contributed by atoms with Crippen molar-refractivity contribution in [2.45, 2.75) is 24.8 Å². The second-order valence-corrected chi connectivity index (χ2v) is 7.33. The Bertz CT molecular complexity index is 725. The molecule has 2 aromatic rings. The largest absolute Gasteiger partial charge is 0.363 e. The normalized spacial score (nSPS) is 10.9. The number of aromatic nitrogens is 1. The highest BCUT2D eigenvalue weighted by Gasteiger charge is 2.01. The average molecular weight is 517 g/mol. The number of nitrogens with zero attached hydrogens (tertiary/aromatic N) is 3. The van der Waals surface area contributed by atoms with Crippen LogP contribution < -0.4 is 15.5 Å². The Hall–Kier alpha value is -1.55. The van der Waals surface area contributed by atoms with Gasteiger partial charge in [-0.15, -0.1) is 35.7 Å². The minimum atomic E-state index is -0.196. The molecule has 0 unspecified atom stereocenters. The van der Waals surface area contributed by atoms with E-state index in [9.17, 15) is 4.39 Å². The van der Waals surface area contributed by atoms with Gasteiger partial charge in [-0.05, 0) is 55.5 Å². The lowest BCUT2D eigenvalue weighted by Gasteiger charge is -2.13. The number of thioether (sulfide) groups is 1. The van der Waals surface area contributed by atoms with Crippen molar-refractivity contribution in [2.24, 2.45) is 4.99 Å². The number of halogens is 2. The second-order valence-electron chi connectivity index (χ2n) is 6.16. The summed E-state index contributed by atoms with van der Waals surface area (Å²) < 4.78 is 12.9.